The summed E-state index contributed by atoms with van der Waals surface area (Å²) >= 11 is 0. The van der Waals surface area contributed by atoms with E-state index in [1.165, 1.54) is 5.39 Å². The summed E-state index contributed by atoms with van der Waals surface area (Å²) in [7, 11) is 0. The van der Waals surface area contributed by atoms with Gasteiger partial charge in [0.25, 0.3) is 0 Å². The maximum absolute atomic E-state index is 5.66. The Labute approximate surface area is 124 Å². The van der Waals surface area contributed by atoms with E-state index in [4.69, 9.17) is 17.2 Å². The van der Waals surface area contributed by atoms with Crippen molar-refractivity contribution < 1.29 is 0 Å². The minimum absolute atomic E-state index is 0. The number of aliphatic imine (C=N–C) groups is 2. The molecule has 0 bridgehead atoms. The molecule has 2 aromatic rings. The molecule has 2 aromatic carbocycles. The molecule has 5 nitrogen and oxygen atoms in total. The highest BCUT2D eigenvalue weighted by molar-refractivity contribution is 5.93. The third-order valence-corrected chi connectivity index (χ3v) is 2.84. The molecule has 0 saturated heterocycles. The van der Waals surface area contributed by atoms with Gasteiger partial charge in [0, 0.05) is 0 Å². The van der Waals surface area contributed by atoms with Crippen LogP contribution < -0.4 is 17.2 Å². The van der Waals surface area contributed by atoms with Gasteiger partial charge in [-0.15, -0.1) is 12.4 Å². The predicted molar refractivity (Wildman–Crippen MR) is 87.0 cm³/mol. The van der Waals surface area contributed by atoms with Gasteiger partial charge in [-0.1, -0.05) is 42.5 Å². The van der Waals surface area contributed by atoms with Crippen molar-refractivity contribution in [2.45, 2.75) is 13.0 Å². The molecule has 0 spiro atoms. The normalized spacial score (nSPS) is 12.6. The highest BCUT2D eigenvalue weighted by Crippen LogP contribution is 2.26. The fourth-order valence-corrected chi connectivity index (χ4v) is 2.04. The van der Waals surface area contributed by atoms with Gasteiger partial charge in [-0.05, 0) is 23.3 Å². The van der Waals surface area contributed by atoms with E-state index in [2.05, 4.69) is 28.2 Å². The summed E-state index contributed by atoms with van der Waals surface area (Å²) in [5, 5.41) is 2.32. The second-order valence-electron chi connectivity index (χ2n) is 4.27. The maximum Gasteiger partial charge on any atom is 0.219 e. The number of hydrogen-bond acceptors (Lipinski definition) is 1. The lowest BCUT2D eigenvalue weighted by molar-refractivity contribution is 0.824. The van der Waals surface area contributed by atoms with Crippen molar-refractivity contribution in [3.05, 3.63) is 48.0 Å². The van der Waals surface area contributed by atoms with Gasteiger partial charge < -0.3 is 17.2 Å². The summed E-state index contributed by atoms with van der Waals surface area (Å²) in [5.41, 5.74) is 17.3. The van der Waals surface area contributed by atoms with E-state index in [1.807, 2.05) is 31.2 Å². The molecule has 0 radical (unpaired) electrons. The van der Waals surface area contributed by atoms with Gasteiger partial charge in [0.1, 0.15) is 0 Å². The van der Waals surface area contributed by atoms with Crippen molar-refractivity contribution >= 4 is 35.1 Å². The molecule has 20 heavy (non-hydrogen) atoms. The molecule has 0 aliphatic carbocycles. The summed E-state index contributed by atoms with van der Waals surface area (Å²) in [4.78, 5) is 8.01. The van der Waals surface area contributed by atoms with E-state index in [0.717, 1.165) is 10.9 Å². The minimum Gasteiger partial charge on any atom is -0.370 e. The SMILES string of the molecule is CC(N=C(N)N=C(N)N)c1cccc2ccccc12.Cl. The highest BCUT2D eigenvalue weighted by Gasteiger charge is 2.08. The molecular formula is C14H18ClN5. The Morgan fingerprint density at radius 1 is 1.00 bits per heavy atom. The Morgan fingerprint density at radius 2 is 1.65 bits per heavy atom. The lowest BCUT2D eigenvalue weighted by atomic mass is 10.0. The Hall–Kier alpha value is -2.27. The van der Waals surface area contributed by atoms with Gasteiger partial charge in [0.2, 0.25) is 5.96 Å². The van der Waals surface area contributed by atoms with E-state index in [1.54, 1.807) is 0 Å². The molecule has 0 aromatic heterocycles. The number of guanidine groups is 2. The van der Waals surface area contributed by atoms with Gasteiger partial charge >= 0.3 is 0 Å². The van der Waals surface area contributed by atoms with Crippen LogP contribution in [0.15, 0.2) is 52.4 Å². The van der Waals surface area contributed by atoms with Crippen molar-refractivity contribution in [2.75, 3.05) is 0 Å². The third-order valence-electron chi connectivity index (χ3n) is 2.84. The first-order valence-electron chi connectivity index (χ1n) is 5.98. The number of halogens is 1. The van der Waals surface area contributed by atoms with Gasteiger partial charge in [-0.2, -0.15) is 4.99 Å². The molecule has 106 valence electrons. The second kappa shape index (κ2) is 6.77. The summed E-state index contributed by atoms with van der Waals surface area (Å²) < 4.78 is 0. The zero-order valence-electron chi connectivity index (χ0n) is 11.2. The first-order chi connectivity index (χ1) is 9.08. The second-order valence-corrected chi connectivity index (χ2v) is 4.27. The molecule has 0 amide bonds. The van der Waals surface area contributed by atoms with Crippen LogP contribution in [0.4, 0.5) is 0 Å². The van der Waals surface area contributed by atoms with E-state index in [9.17, 15) is 0 Å². The molecule has 2 rings (SSSR count). The molecule has 0 heterocycles. The van der Waals surface area contributed by atoms with Gasteiger partial charge in [0.05, 0.1) is 6.04 Å². The molecular weight excluding hydrogens is 274 g/mol. The Kier molecular flexibility index (Phi) is 5.34. The molecule has 0 aliphatic heterocycles. The molecule has 0 fully saturated rings. The topological polar surface area (TPSA) is 103 Å². The lowest BCUT2D eigenvalue weighted by Crippen LogP contribution is -2.26. The van der Waals surface area contributed by atoms with Crippen LogP contribution in [0.25, 0.3) is 10.8 Å². The van der Waals surface area contributed by atoms with Gasteiger partial charge in [-0.3, -0.25) is 0 Å². The van der Waals surface area contributed by atoms with Crippen molar-refractivity contribution in [1.29, 1.82) is 0 Å². The fraction of sp³-hybridized carbons (Fsp3) is 0.143. The van der Waals surface area contributed by atoms with Crippen LogP contribution >= 0.6 is 12.4 Å². The third kappa shape index (κ3) is 3.61. The van der Waals surface area contributed by atoms with E-state index in [0.29, 0.717) is 0 Å². The predicted octanol–water partition coefficient (Wildman–Crippen LogP) is 1.91. The van der Waals surface area contributed by atoms with Crippen LogP contribution in [0.5, 0.6) is 0 Å². The highest BCUT2D eigenvalue weighted by atomic mass is 35.5. The number of nitrogens with zero attached hydrogens (tertiary/aromatic N) is 2. The van der Waals surface area contributed by atoms with Gasteiger partial charge in [-0.25, -0.2) is 4.99 Å². The van der Waals surface area contributed by atoms with E-state index >= 15 is 0 Å². The number of benzene rings is 2. The van der Waals surface area contributed by atoms with Crippen molar-refractivity contribution in [3.8, 4) is 0 Å². The zero-order valence-corrected chi connectivity index (χ0v) is 12.0. The van der Waals surface area contributed by atoms with Crippen LogP contribution in [-0.2, 0) is 0 Å². The Morgan fingerprint density at radius 3 is 2.35 bits per heavy atom. The van der Waals surface area contributed by atoms with Gasteiger partial charge in [0.15, 0.2) is 5.96 Å². The zero-order chi connectivity index (χ0) is 13.8. The van der Waals surface area contributed by atoms with E-state index < -0.39 is 0 Å². The summed E-state index contributed by atoms with van der Waals surface area (Å²) in [5.74, 6) is -0.00759. The molecule has 0 aliphatic rings. The number of fused-ring (bicyclic) bond motifs is 1. The van der Waals surface area contributed by atoms with Crippen LogP contribution in [0.3, 0.4) is 0 Å². The minimum atomic E-state index is -0.116. The quantitative estimate of drug-likeness (QED) is 0.581. The van der Waals surface area contributed by atoms with Crippen LogP contribution in [0.2, 0.25) is 0 Å². The van der Waals surface area contributed by atoms with E-state index in [-0.39, 0.29) is 30.4 Å². The molecule has 1 unspecified atom stereocenters. The number of hydrogen-bond donors (Lipinski definition) is 3. The van der Waals surface area contributed by atoms with Crippen LogP contribution in [0, 0.1) is 0 Å². The Bertz CT molecular complexity index is 642. The molecule has 0 saturated carbocycles. The average Bonchev–Trinajstić information content (AvgIpc) is 2.36. The first-order valence-corrected chi connectivity index (χ1v) is 5.98. The largest absolute Gasteiger partial charge is 0.370 e. The number of nitrogens with two attached hydrogens (primary N) is 3. The smallest absolute Gasteiger partial charge is 0.219 e. The monoisotopic (exact) mass is 291 g/mol. The van der Waals surface area contributed by atoms with Crippen LogP contribution in [0.1, 0.15) is 18.5 Å². The standard InChI is InChI=1S/C14H17N5.ClH/c1-9(18-14(17)19-13(15)16)11-8-4-6-10-5-2-3-7-12(10)11;/h2-9H,1H3,(H6,15,16,17,18,19);1H. The van der Waals surface area contributed by atoms with Crippen molar-refractivity contribution in [2.24, 2.45) is 27.2 Å². The average molecular weight is 292 g/mol. The fourth-order valence-electron chi connectivity index (χ4n) is 2.04. The summed E-state index contributed by atoms with van der Waals surface area (Å²) in [6, 6.07) is 14.1. The molecule has 6 heteroatoms. The van der Waals surface area contributed by atoms with Crippen molar-refractivity contribution in [3.63, 3.8) is 0 Å². The summed E-state index contributed by atoms with van der Waals surface area (Å²) in [6.07, 6.45) is 0. The van der Waals surface area contributed by atoms with Crippen LogP contribution in [-0.4, -0.2) is 11.9 Å². The molecule has 6 N–H and O–H groups in total. The summed E-state index contributed by atoms with van der Waals surface area (Å²) in [6.45, 7) is 1.96. The first kappa shape index (κ1) is 15.8. The number of rotatable bonds is 2. The Balaban J connectivity index is 0.00000200. The maximum atomic E-state index is 5.66. The lowest BCUT2D eigenvalue weighted by Gasteiger charge is -2.11. The van der Waals surface area contributed by atoms with Crippen molar-refractivity contribution in [1.82, 2.24) is 0 Å². The molecule has 1 atom stereocenters.